The second kappa shape index (κ2) is 5.75. The van der Waals surface area contributed by atoms with Crippen LogP contribution in [0.1, 0.15) is 54.5 Å². The summed E-state index contributed by atoms with van der Waals surface area (Å²) in [7, 11) is 0. The van der Waals surface area contributed by atoms with Crippen LogP contribution in [-0.2, 0) is 0 Å². The Hall–Kier alpha value is -0.450. The van der Waals surface area contributed by atoms with Crippen molar-refractivity contribution in [3.63, 3.8) is 0 Å². The highest BCUT2D eigenvalue weighted by molar-refractivity contribution is 7.11. The minimum atomic E-state index is 0.300. The molecular weight excluding hydrogens is 218 g/mol. The van der Waals surface area contributed by atoms with Gasteiger partial charge in [-0.1, -0.05) is 32.1 Å². The monoisotopic (exact) mass is 239 g/mol. The van der Waals surface area contributed by atoms with Gasteiger partial charge in [-0.05, 0) is 19.3 Å². The van der Waals surface area contributed by atoms with Crippen molar-refractivity contribution in [3.8, 4) is 0 Å². The Labute approximate surface area is 101 Å². The number of nitrogens with two attached hydrogens (primary N) is 1. The van der Waals surface area contributed by atoms with Gasteiger partial charge in [0.25, 0.3) is 0 Å². The van der Waals surface area contributed by atoms with Gasteiger partial charge < -0.3 is 0 Å². The first-order valence-electron chi connectivity index (χ1n) is 6.18. The first-order valence-corrected chi connectivity index (χ1v) is 6.99. The fourth-order valence-electron chi connectivity index (χ4n) is 2.56. The molecule has 1 aliphatic rings. The second-order valence-electron chi connectivity index (χ2n) is 4.74. The van der Waals surface area contributed by atoms with Crippen molar-refractivity contribution >= 4 is 11.3 Å². The Morgan fingerprint density at radius 2 is 2.25 bits per heavy atom. The maximum Gasteiger partial charge on any atom is 0.0897 e. The van der Waals surface area contributed by atoms with Crippen molar-refractivity contribution in [1.82, 2.24) is 10.4 Å². The summed E-state index contributed by atoms with van der Waals surface area (Å²) in [6, 6.07) is 0.300. The molecule has 16 heavy (non-hydrogen) atoms. The number of hydrazine groups is 1. The lowest BCUT2D eigenvalue weighted by Crippen LogP contribution is -2.29. The minimum absolute atomic E-state index is 0.300. The molecule has 0 spiro atoms. The molecule has 1 aromatic heterocycles. The van der Waals surface area contributed by atoms with Crippen molar-refractivity contribution < 1.29 is 0 Å². The summed E-state index contributed by atoms with van der Waals surface area (Å²) < 4.78 is 0. The van der Waals surface area contributed by atoms with Crippen molar-refractivity contribution in [2.45, 2.75) is 51.5 Å². The molecule has 1 unspecified atom stereocenters. The maximum absolute atomic E-state index is 5.66. The molecule has 1 saturated carbocycles. The van der Waals surface area contributed by atoms with E-state index in [-0.39, 0.29) is 0 Å². The summed E-state index contributed by atoms with van der Waals surface area (Å²) in [4.78, 5) is 5.58. The van der Waals surface area contributed by atoms with Gasteiger partial charge in [-0.15, -0.1) is 11.3 Å². The Bertz CT molecular complexity index is 318. The summed E-state index contributed by atoms with van der Waals surface area (Å²) >= 11 is 1.76. The average Bonchev–Trinajstić information content (AvgIpc) is 2.74. The van der Waals surface area contributed by atoms with Crippen LogP contribution in [0.15, 0.2) is 6.20 Å². The summed E-state index contributed by atoms with van der Waals surface area (Å²) in [5.41, 5.74) is 2.95. The molecule has 1 fully saturated rings. The van der Waals surface area contributed by atoms with Crippen molar-refractivity contribution in [3.05, 3.63) is 16.1 Å². The lowest BCUT2D eigenvalue weighted by Gasteiger charge is -2.25. The molecule has 90 valence electrons. The van der Waals surface area contributed by atoms with E-state index in [9.17, 15) is 0 Å². The number of hydrogen-bond donors (Lipinski definition) is 2. The fourth-order valence-corrected chi connectivity index (χ4v) is 3.42. The highest BCUT2D eigenvalue weighted by Crippen LogP contribution is 2.33. The van der Waals surface area contributed by atoms with Gasteiger partial charge in [-0.2, -0.15) is 0 Å². The van der Waals surface area contributed by atoms with Crippen LogP contribution in [0.5, 0.6) is 0 Å². The van der Waals surface area contributed by atoms with Gasteiger partial charge in [0, 0.05) is 11.1 Å². The molecule has 1 heterocycles. The van der Waals surface area contributed by atoms with Crippen LogP contribution >= 0.6 is 11.3 Å². The minimum Gasteiger partial charge on any atom is -0.271 e. The maximum atomic E-state index is 5.66. The normalized spacial score (nSPS) is 19.9. The second-order valence-corrected chi connectivity index (χ2v) is 6.01. The van der Waals surface area contributed by atoms with Gasteiger partial charge in [-0.25, -0.2) is 4.98 Å². The largest absolute Gasteiger partial charge is 0.271 e. The van der Waals surface area contributed by atoms with E-state index in [2.05, 4.69) is 10.4 Å². The quantitative estimate of drug-likeness (QED) is 0.627. The molecular formula is C12H21N3S. The Morgan fingerprint density at radius 3 is 2.81 bits per heavy atom. The first-order chi connectivity index (χ1) is 7.79. The van der Waals surface area contributed by atoms with Gasteiger partial charge in [0.2, 0.25) is 0 Å². The molecule has 0 aliphatic heterocycles. The molecule has 0 aromatic carbocycles. The topological polar surface area (TPSA) is 50.9 Å². The summed E-state index contributed by atoms with van der Waals surface area (Å²) in [6.07, 6.45) is 10.1. The lowest BCUT2D eigenvalue weighted by molar-refractivity contribution is 0.302. The molecule has 0 radical (unpaired) electrons. The third-order valence-electron chi connectivity index (χ3n) is 3.48. The van der Waals surface area contributed by atoms with Gasteiger partial charge in [0.05, 0.1) is 11.0 Å². The predicted molar refractivity (Wildman–Crippen MR) is 68.1 cm³/mol. The van der Waals surface area contributed by atoms with E-state index in [1.54, 1.807) is 11.3 Å². The van der Waals surface area contributed by atoms with Crippen LogP contribution in [0.2, 0.25) is 0 Å². The van der Waals surface area contributed by atoms with Gasteiger partial charge in [0.15, 0.2) is 0 Å². The molecule has 0 amide bonds. The third-order valence-corrected chi connectivity index (χ3v) is 4.50. The zero-order valence-corrected chi connectivity index (χ0v) is 10.7. The highest BCUT2D eigenvalue weighted by atomic mass is 32.1. The number of nitrogens with zero attached hydrogens (tertiary/aromatic N) is 1. The van der Waals surface area contributed by atoms with E-state index >= 15 is 0 Å². The summed E-state index contributed by atoms with van der Waals surface area (Å²) in [5.74, 6) is 6.50. The number of aromatic nitrogens is 1. The number of aryl methyl sites for hydroxylation is 1. The summed E-state index contributed by atoms with van der Waals surface area (Å²) in [6.45, 7) is 2.04. The Balaban J connectivity index is 1.94. The van der Waals surface area contributed by atoms with E-state index in [0.29, 0.717) is 6.04 Å². The van der Waals surface area contributed by atoms with Crippen LogP contribution in [-0.4, -0.2) is 4.98 Å². The molecule has 3 nitrogen and oxygen atoms in total. The standard InChI is InChI=1S/C12H21N3S/c1-9-14-8-12(16-9)11(15-13)7-10-5-3-2-4-6-10/h8,10-11,15H,2-7,13H2,1H3. The van der Waals surface area contributed by atoms with Crippen LogP contribution < -0.4 is 11.3 Å². The van der Waals surface area contributed by atoms with Crippen molar-refractivity contribution in [1.29, 1.82) is 0 Å². The Kier molecular flexibility index (Phi) is 4.32. The zero-order valence-electron chi connectivity index (χ0n) is 9.91. The highest BCUT2D eigenvalue weighted by Gasteiger charge is 2.20. The van der Waals surface area contributed by atoms with Crippen LogP contribution in [0.4, 0.5) is 0 Å². The molecule has 3 N–H and O–H groups in total. The van der Waals surface area contributed by atoms with E-state index in [1.165, 1.54) is 37.0 Å². The first kappa shape index (κ1) is 12.0. The molecule has 1 atom stereocenters. The van der Waals surface area contributed by atoms with Gasteiger partial charge >= 0.3 is 0 Å². The van der Waals surface area contributed by atoms with E-state index < -0.39 is 0 Å². The van der Waals surface area contributed by atoms with E-state index in [4.69, 9.17) is 5.84 Å². The van der Waals surface area contributed by atoms with E-state index in [1.807, 2.05) is 13.1 Å². The third kappa shape index (κ3) is 3.03. The van der Waals surface area contributed by atoms with Crippen molar-refractivity contribution in [2.24, 2.45) is 11.8 Å². The predicted octanol–water partition coefficient (Wildman–Crippen LogP) is 2.93. The van der Waals surface area contributed by atoms with Gasteiger partial charge in [0.1, 0.15) is 0 Å². The zero-order chi connectivity index (χ0) is 11.4. The van der Waals surface area contributed by atoms with Crippen LogP contribution in [0.25, 0.3) is 0 Å². The molecule has 0 bridgehead atoms. The van der Waals surface area contributed by atoms with Crippen LogP contribution in [0.3, 0.4) is 0 Å². The number of hydrogen-bond acceptors (Lipinski definition) is 4. The molecule has 4 heteroatoms. The van der Waals surface area contributed by atoms with Crippen molar-refractivity contribution in [2.75, 3.05) is 0 Å². The molecule has 0 saturated heterocycles. The molecule has 2 rings (SSSR count). The number of thiazole rings is 1. The van der Waals surface area contributed by atoms with Gasteiger partial charge in [-0.3, -0.25) is 11.3 Å². The van der Waals surface area contributed by atoms with E-state index in [0.717, 1.165) is 17.3 Å². The van der Waals surface area contributed by atoms with Crippen LogP contribution in [0, 0.1) is 12.8 Å². The smallest absolute Gasteiger partial charge is 0.0897 e. The molecule has 1 aromatic rings. The fraction of sp³-hybridized carbons (Fsp3) is 0.750. The number of nitrogens with one attached hydrogen (secondary N) is 1. The Morgan fingerprint density at radius 1 is 1.50 bits per heavy atom. The molecule has 1 aliphatic carbocycles. The number of rotatable bonds is 4. The lowest BCUT2D eigenvalue weighted by atomic mass is 9.85. The summed E-state index contributed by atoms with van der Waals surface area (Å²) in [5, 5.41) is 1.12. The SMILES string of the molecule is Cc1ncc(C(CC2CCCCC2)NN)s1. The average molecular weight is 239 g/mol.